The van der Waals surface area contributed by atoms with Crippen molar-refractivity contribution in [2.45, 2.75) is 38.5 Å². The molecule has 0 amide bonds. The number of fused-ring (bicyclic) bond motifs is 6. The largest absolute Gasteiger partial charge is 0.488 e. The standard InChI is InChI=1S/C19H14Cl2N2.C15H15BO2.C4HCl3N2/c1-19(2)14-6-4-3-5-12(14)13-8-7-11(9-15(13)19)16-10-17(20)23-18(21)22-16;1-15(2)13-6-4-3-5-11(13)12-8-7-10(16(17)18)9-14(12)15;5-2-1-3(6)9-4(7)8-2/h3-10H,1-2H3;3-9,17-18H,1-2H3;1H. The molecule has 2 aromatic heterocycles. The van der Waals surface area contributed by atoms with Crippen molar-refractivity contribution in [2.24, 2.45) is 0 Å². The third-order valence-electron chi connectivity index (χ3n) is 9.09. The Morgan fingerprint density at radius 1 is 0.480 bits per heavy atom. The van der Waals surface area contributed by atoms with Gasteiger partial charge in [0.1, 0.15) is 15.5 Å². The normalized spacial score (nSPS) is 13.8. The molecule has 252 valence electrons. The van der Waals surface area contributed by atoms with Crippen molar-refractivity contribution >= 4 is 70.6 Å². The first kappa shape index (κ1) is 36.3. The van der Waals surface area contributed by atoms with E-state index >= 15 is 0 Å². The molecular weight excluding hydrogens is 733 g/mol. The van der Waals surface area contributed by atoms with Gasteiger partial charge < -0.3 is 10.0 Å². The van der Waals surface area contributed by atoms with E-state index in [9.17, 15) is 10.0 Å². The highest BCUT2D eigenvalue weighted by atomic mass is 35.5. The second kappa shape index (κ2) is 14.2. The lowest BCUT2D eigenvalue weighted by Crippen LogP contribution is -2.31. The molecule has 2 N–H and O–H groups in total. The highest BCUT2D eigenvalue weighted by Gasteiger charge is 2.36. The predicted octanol–water partition coefficient (Wildman–Crippen LogP) is 9.87. The van der Waals surface area contributed by atoms with E-state index in [4.69, 9.17) is 58.0 Å². The summed E-state index contributed by atoms with van der Waals surface area (Å²) in [7, 11) is -1.41. The molecule has 50 heavy (non-hydrogen) atoms. The molecule has 0 spiro atoms. The van der Waals surface area contributed by atoms with Crippen LogP contribution in [0.1, 0.15) is 49.9 Å². The molecule has 2 aliphatic rings. The molecule has 0 saturated carbocycles. The Bertz CT molecular complexity index is 2180. The highest BCUT2D eigenvalue weighted by molar-refractivity contribution is 6.58. The number of benzene rings is 4. The second-order valence-corrected chi connectivity index (χ2v) is 14.7. The first-order valence-electron chi connectivity index (χ1n) is 15.6. The van der Waals surface area contributed by atoms with Crippen LogP contribution in [0.2, 0.25) is 26.0 Å². The zero-order valence-electron chi connectivity index (χ0n) is 27.4. The number of hydrogen-bond donors (Lipinski definition) is 2. The van der Waals surface area contributed by atoms with Crippen molar-refractivity contribution < 1.29 is 10.0 Å². The third kappa shape index (κ3) is 7.14. The van der Waals surface area contributed by atoms with Crippen LogP contribution >= 0.6 is 58.0 Å². The van der Waals surface area contributed by atoms with Crippen LogP contribution in [0.25, 0.3) is 33.5 Å². The molecule has 6 aromatic rings. The van der Waals surface area contributed by atoms with Crippen LogP contribution in [0.5, 0.6) is 0 Å². The molecule has 0 unspecified atom stereocenters. The van der Waals surface area contributed by atoms with E-state index in [0.717, 1.165) is 16.8 Å². The Balaban J connectivity index is 0.000000142. The van der Waals surface area contributed by atoms with E-state index in [2.05, 4.69) is 102 Å². The van der Waals surface area contributed by atoms with Gasteiger partial charge in [0.15, 0.2) is 0 Å². The maximum Gasteiger partial charge on any atom is 0.488 e. The average molecular weight is 763 g/mol. The zero-order chi connectivity index (χ0) is 36.0. The quantitative estimate of drug-likeness (QED) is 0.104. The summed E-state index contributed by atoms with van der Waals surface area (Å²) in [5.74, 6) is 0. The van der Waals surface area contributed by atoms with E-state index in [1.54, 1.807) is 12.1 Å². The van der Waals surface area contributed by atoms with Crippen LogP contribution in [0.15, 0.2) is 97.1 Å². The van der Waals surface area contributed by atoms with Gasteiger partial charge in [0.25, 0.3) is 0 Å². The first-order valence-corrected chi connectivity index (χ1v) is 17.5. The molecule has 4 aromatic carbocycles. The van der Waals surface area contributed by atoms with E-state index in [1.165, 1.54) is 45.0 Å². The van der Waals surface area contributed by atoms with E-state index in [-0.39, 0.29) is 31.7 Å². The lowest BCUT2D eigenvalue weighted by atomic mass is 9.75. The highest BCUT2D eigenvalue weighted by Crippen LogP contribution is 2.50. The van der Waals surface area contributed by atoms with Crippen LogP contribution in [0, 0.1) is 0 Å². The smallest absolute Gasteiger partial charge is 0.423 e. The second-order valence-electron chi connectivity index (χ2n) is 12.9. The van der Waals surface area contributed by atoms with Gasteiger partial charge in [-0.3, -0.25) is 0 Å². The molecule has 2 heterocycles. The Labute approximate surface area is 316 Å². The number of hydrogen-bond acceptors (Lipinski definition) is 6. The number of halogens is 5. The van der Waals surface area contributed by atoms with Gasteiger partial charge in [-0.2, -0.15) is 0 Å². The van der Waals surface area contributed by atoms with Gasteiger partial charge in [0.2, 0.25) is 10.6 Å². The molecule has 0 atom stereocenters. The molecule has 0 fully saturated rings. The SMILES string of the molecule is CC1(C)c2ccccc2-c2ccc(-c3cc(Cl)nc(Cl)n3)cc21.CC1(C)c2ccccc2-c2ccc(B(O)O)cc21.Clc1cc(Cl)nc(Cl)n1. The average Bonchev–Trinajstić information content (AvgIpc) is 3.43. The maximum atomic E-state index is 9.30. The Morgan fingerprint density at radius 3 is 1.42 bits per heavy atom. The summed E-state index contributed by atoms with van der Waals surface area (Å²) in [4.78, 5) is 15.3. The van der Waals surface area contributed by atoms with Crippen molar-refractivity contribution in [3.8, 4) is 33.5 Å². The fraction of sp³-hybridized carbons (Fsp3) is 0.158. The number of aromatic nitrogens is 4. The maximum absolute atomic E-state index is 9.30. The van der Waals surface area contributed by atoms with Gasteiger partial charge in [-0.25, -0.2) is 19.9 Å². The summed E-state index contributed by atoms with van der Waals surface area (Å²) >= 11 is 28.2. The van der Waals surface area contributed by atoms with E-state index in [0.29, 0.717) is 10.6 Å². The Morgan fingerprint density at radius 2 is 0.920 bits per heavy atom. The Hall–Kier alpha value is -3.53. The van der Waals surface area contributed by atoms with Crippen molar-refractivity contribution in [2.75, 3.05) is 0 Å². The zero-order valence-corrected chi connectivity index (χ0v) is 31.2. The molecule has 0 radical (unpaired) electrons. The van der Waals surface area contributed by atoms with Crippen LogP contribution < -0.4 is 5.46 Å². The number of rotatable bonds is 2. The Kier molecular flexibility index (Phi) is 10.3. The van der Waals surface area contributed by atoms with Crippen molar-refractivity contribution in [1.82, 2.24) is 19.9 Å². The fourth-order valence-electron chi connectivity index (χ4n) is 6.65. The summed E-state index contributed by atoms with van der Waals surface area (Å²) in [5, 5.41) is 19.7. The van der Waals surface area contributed by atoms with Gasteiger partial charge in [-0.05, 0) is 79.2 Å². The summed E-state index contributed by atoms with van der Waals surface area (Å²) in [5.41, 5.74) is 12.3. The number of nitrogens with zero attached hydrogens (tertiary/aromatic N) is 4. The molecule has 0 saturated heterocycles. The molecule has 12 heteroatoms. The topological polar surface area (TPSA) is 92.0 Å². The van der Waals surface area contributed by atoms with E-state index in [1.807, 2.05) is 24.3 Å². The molecule has 6 nitrogen and oxygen atoms in total. The summed E-state index contributed by atoms with van der Waals surface area (Å²) < 4.78 is 0. The van der Waals surface area contributed by atoms with Gasteiger partial charge in [0.05, 0.1) is 5.69 Å². The molecule has 2 aliphatic carbocycles. The van der Waals surface area contributed by atoms with Crippen LogP contribution in [0.4, 0.5) is 0 Å². The van der Waals surface area contributed by atoms with Gasteiger partial charge in [0, 0.05) is 28.5 Å². The summed E-state index contributed by atoms with van der Waals surface area (Å²) in [6.07, 6.45) is 0. The van der Waals surface area contributed by atoms with Gasteiger partial charge in [-0.1, -0.05) is 141 Å². The monoisotopic (exact) mass is 760 g/mol. The fourth-order valence-corrected chi connectivity index (χ4v) is 7.75. The van der Waals surface area contributed by atoms with Crippen LogP contribution in [-0.4, -0.2) is 37.1 Å². The van der Waals surface area contributed by atoms with Crippen molar-refractivity contribution in [3.63, 3.8) is 0 Å². The van der Waals surface area contributed by atoms with E-state index < -0.39 is 7.12 Å². The van der Waals surface area contributed by atoms with Crippen LogP contribution in [-0.2, 0) is 10.8 Å². The van der Waals surface area contributed by atoms with Crippen molar-refractivity contribution in [3.05, 3.63) is 145 Å². The minimum Gasteiger partial charge on any atom is -0.423 e. The minimum atomic E-state index is -1.41. The predicted molar refractivity (Wildman–Crippen MR) is 206 cm³/mol. The lowest BCUT2D eigenvalue weighted by Gasteiger charge is -2.21. The molecule has 8 rings (SSSR count). The summed E-state index contributed by atoms with van der Waals surface area (Å²) in [6.45, 7) is 8.85. The van der Waals surface area contributed by atoms with Gasteiger partial charge >= 0.3 is 7.12 Å². The minimum absolute atomic E-state index is 0.0391. The molecular formula is C38H30BCl5N4O2. The van der Waals surface area contributed by atoms with Crippen molar-refractivity contribution in [1.29, 1.82) is 0 Å². The van der Waals surface area contributed by atoms with Gasteiger partial charge in [-0.15, -0.1) is 0 Å². The third-order valence-corrected chi connectivity index (χ3v) is 10.0. The molecule has 0 bridgehead atoms. The first-order chi connectivity index (χ1) is 23.7. The molecule has 0 aliphatic heterocycles. The summed E-state index contributed by atoms with van der Waals surface area (Å²) in [6, 6.07) is 32.1. The van der Waals surface area contributed by atoms with Crippen LogP contribution in [0.3, 0.4) is 0 Å². The lowest BCUT2D eigenvalue weighted by molar-refractivity contribution is 0.425.